The Morgan fingerprint density at radius 3 is 2.82 bits per heavy atom. The quantitative estimate of drug-likeness (QED) is 0.455. The zero-order chi connectivity index (χ0) is 12.9. The number of nitrogen functional groups attached to an aromatic ring is 1. The van der Waals surface area contributed by atoms with E-state index in [1.165, 1.54) is 24.7 Å². The van der Waals surface area contributed by atoms with Crippen LogP contribution >= 0.6 is 0 Å². The third kappa shape index (κ3) is 4.04. The van der Waals surface area contributed by atoms with E-state index in [-0.39, 0.29) is 22.9 Å². The Labute approximate surface area is 102 Å². The highest BCUT2D eigenvalue weighted by Gasteiger charge is 2.17. The Bertz CT molecular complexity index is 503. The molecule has 0 radical (unpaired) electrons. The maximum atomic E-state index is 11.8. The highest BCUT2D eigenvalue weighted by molar-refractivity contribution is 7.89. The zero-order valence-corrected chi connectivity index (χ0v) is 10.8. The van der Waals surface area contributed by atoms with Gasteiger partial charge in [-0.2, -0.15) is 0 Å². The number of nitrogens with zero attached hydrogens (tertiary/aromatic N) is 1. The van der Waals surface area contributed by atoms with Crippen LogP contribution in [0.4, 0.5) is 5.69 Å². The predicted octanol–water partition coefficient (Wildman–Crippen LogP) is -0.976. The van der Waals surface area contributed by atoms with Gasteiger partial charge in [0.2, 0.25) is 10.0 Å². The van der Waals surface area contributed by atoms with Gasteiger partial charge in [-0.1, -0.05) is 0 Å². The Morgan fingerprint density at radius 1 is 1.53 bits per heavy atom. The molecule has 0 bridgehead atoms. The van der Waals surface area contributed by atoms with Crippen LogP contribution in [-0.4, -0.2) is 36.2 Å². The standard InChI is InChI=1S/C8H14N4O3S2/c1-16(13)5-4-11-17(14,15)8-6-10-3-2-7(8)12-9/h2-3,6,11H,4-5,9H2,1H3,(H,10,12). The number of anilines is 1. The number of nitrogens with two attached hydrogens (primary N) is 1. The minimum absolute atomic E-state index is 0.0376. The van der Waals surface area contributed by atoms with E-state index < -0.39 is 20.8 Å². The normalized spacial score (nSPS) is 13.3. The Hall–Kier alpha value is -1.03. The minimum Gasteiger partial charge on any atom is -0.323 e. The van der Waals surface area contributed by atoms with Crippen molar-refractivity contribution in [2.75, 3.05) is 24.0 Å². The van der Waals surface area contributed by atoms with Crippen LogP contribution in [0.15, 0.2) is 23.4 Å². The van der Waals surface area contributed by atoms with Crippen LogP contribution in [0.3, 0.4) is 0 Å². The van der Waals surface area contributed by atoms with Crippen molar-refractivity contribution in [2.24, 2.45) is 5.84 Å². The molecular weight excluding hydrogens is 264 g/mol. The summed E-state index contributed by atoms with van der Waals surface area (Å²) < 4.78 is 36.8. The second-order valence-electron chi connectivity index (χ2n) is 3.19. The molecule has 0 aliphatic heterocycles. The van der Waals surface area contributed by atoms with Crippen molar-refractivity contribution in [3.63, 3.8) is 0 Å². The number of sulfonamides is 1. The molecule has 96 valence electrons. The lowest BCUT2D eigenvalue weighted by atomic mass is 10.4. The number of aromatic nitrogens is 1. The van der Waals surface area contributed by atoms with Gasteiger partial charge in [0.25, 0.3) is 0 Å². The third-order valence-electron chi connectivity index (χ3n) is 1.91. The van der Waals surface area contributed by atoms with Crippen molar-refractivity contribution < 1.29 is 12.6 Å². The molecule has 7 nitrogen and oxygen atoms in total. The molecule has 0 saturated carbocycles. The highest BCUT2D eigenvalue weighted by Crippen LogP contribution is 2.17. The summed E-state index contributed by atoms with van der Waals surface area (Å²) in [7, 11) is -4.73. The second-order valence-corrected chi connectivity index (χ2v) is 6.48. The van der Waals surface area contributed by atoms with Gasteiger partial charge in [-0.3, -0.25) is 15.0 Å². The van der Waals surface area contributed by atoms with E-state index in [1.54, 1.807) is 0 Å². The van der Waals surface area contributed by atoms with Crippen molar-refractivity contribution in [3.05, 3.63) is 18.5 Å². The van der Waals surface area contributed by atoms with Crippen LogP contribution in [0.2, 0.25) is 0 Å². The molecule has 1 rings (SSSR count). The number of hydrazine groups is 1. The summed E-state index contributed by atoms with van der Waals surface area (Å²) in [6.45, 7) is 0.102. The summed E-state index contributed by atoms with van der Waals surface area (Å²) in [5, 5.41) is 0. The minimum atomic E-state index is -3.69. The molecule has 9 heteroatoms. The summed E-state index contributed by atoms with van der Waals surface area (Å²) in [6.07, 6.45) is 4.13. The van der Waals surface area contributed by atoms with Gasteiger partial charge in [-0.15, -0.1) is 0 Å². The van der Waals surface area contributed by atoms with E-state index in [4.69, 9.17) is 5.84 Å². The zero-order valence-electron chi connectivity index (χ0n) is 9.21. The molecule has 1 unspecified atom stereocenters. The Morgan fingerprint density at radius 2 is 2.24 bits per heavy atom. The molecule has 0 spiro atoms. The van der Waals surface area contributed by atoms with Gasteiger partial charge in [0.15, 0.2) is 0 Å². The molecule has 1 atom stereocenters. The van der Waals surface area contributed by atoms with E-state index in [9.17, 15) is 12.6 Å². The first kappa shape index (κ1) is 14.0. The van der Waals surface area contributed by atoms with Gasteiger partial charge < -0.3 is 5.43 Å². The number of nitrogens with one attached hydrogen (secondary N) is 2. The van der Waals surface area contributed by atoms with E-state index >= 15 is 0 Å². The van der Waals surface area contributed by atoms with Crippen LogP contribution < -0.4 is 16.0 Å². The summed E-state index contributed by atoms with van der Waals surface area (Å²) in [5.41, 5.74) is 2.54. The first-order chi connectivity index (χ1) is 7.97. The maximum Gasteiger partial charge on any atom is 0.244 e. The first-order valence-corrected chi connectivity index (χ1v) is 7.88. The largest absolute Gasteiger partial charge is 0.323 e. The molecule has 0 aliphatic rings. The predicted molar refractivity (Wildman–Crippen MR) is 66.2 cm³/mol. The van der Waals surface area contributed by atoms with Crippen molar-refractivity contribution >= 4 is 26.5 Å². The molecule has 4 N–H and O–H groups in total. The fourth-order valence-electron chi connectivity index (χ4n) is 1.11. The smallest absolute Gasteiger partial charge is 0.244 e. The molecule has 1 aromatic heterocycles. The Balaban J connectivity index is 2.86. The van der Waals surface area contributed by atoms with Gasteiger partial charge in [0, 0.05) is 41.7 Å². The lowest BCUT2D eigenvalue weighted by Crippen LogP contribution is -2.29. The highest BCUT2D eigenvalue weighted by atomic mass is 32.2. The first-order valence-electron chi connectivity index (χ1n) is 4.67. The summed E-state index contributed by atoms with van der Waals surface area (Å²) >= 11 is 0. The average molecular weight is 278 g/mol. The van der Waals surface area contributed by atoms with Gasteiger partial charge in [0.05, 0.1) is 5.69 Å². The molecule has 0 fully saturated rings. The van der Waals surface area contributed by atoms with Gasteiger partial charge in [0.1, 0.15) is 4.90 Å². The number of pyridine rings is 1. The second kappa shape index (κ2) is 6.05. The van der Waals surface area contributed by atoms with Crippen LogP contribution in [-0.2, 0) is 20.8 Å². The van der Waals surface area contributed by atoms with Crippen molar-refractivity contribution in [1.29, 1.82) is 0 Å². The van der Waals surface area contributed by atoms with E-state index in [0.717, 1.165) is 0 Å². The molecule has 17 heavy (non-hydrogen) atoms. The molecule has 1 heterocycles. The van der Waals surface area contributed by atoms with E-state index in [2.05, 4.69) is 15.1 Å². The van der Waals surface area contributed by atoms with E-state index in [0.29, 0.717) is 0 Å². The SMILES string of the molecule is CS(=O)CCNS(=O)(=O)c1cnccc1NN. The average Bonchev–Trinajstić information content (AvgIpc) is 2.28. The summed E-state index contributed by atoms with van der Waals surface area (Å²) in [5.74, 6) is 5.46. The summed E-state index contributed by atoms with van der Waals surface area (Å²) in [4.78, 5) is 3.69. The summed E-state index contributed by atoms with van der Waals surface area (Å²) in [6, 6.07) is 1.45. The van der Waals surface area contributed by atoms with Crippen LogP contribution in [0.25, 0.3) is 0 Å². The fraction of sp³-hybridized carbons (Fsp3) is 0.375. The lowest BCUT2D eigenvalue weighted by molar-refractivity contribution is 0.584. The van der Waals surface area contributed by atoms with Crippen molar-refractivity contribution in [2.45, 2.75) is 4.90 Å². The van der Waals surface area contributed by atoms with Gasteiger partial charge >= 0.3 is 0 Å². The topological polar surface area (TPSA) is 114 Å². The lowest BCUT2D eigenvalue weighted by Gasteiger charge is -2.09. The van der Waals surface area contributed by atoms with Crippen LogP contribution in [0.5, 0.6) is 0 Å². The number of rotatable bonds is 6. The van der Waals surface area contributed by atoms with Gasteiger partial charge in [-0.05, 0) is 6.07 Å². The van der Waals surface area contributed by atoms with Gasteiger partial charge in [-0.25, -0.2) is 13.1 Å². The third-order valence-corrected chi connectivity index (χ3v) is 4.18. The maximum absolute atomic E-state index is 11.8. The molecule has 0 aliphatic carbocycles. The molecule has 0 aromatic carbocycles. The van der Waals surface area contributed by atoms with Crippen LogP contribution in [0, 0.1) is 0 Å². The fourth-order valence-corrected chi connectivity index (χ4v) is 2.77. The number of hydrogen-bond acceptors (Lipinski definition) is 6. The Kier molecular flexibility index (Phi) is 5.00. The monoisotopic (exact) mass is 278 g/mol. The molecular formula is C8H14N4O3S2. The molecule has 1 aromatic rings. The molecule has 0 saturated heterocycles. The van der Waals surface area contributed by atoms with Crippen molar-refractivity contribution in [1.82, 2.24) is 9.71 Å². The van der Waals surface area contributed by atoms with Crippen molar-refractivity contribution in [3.8, 4) is 0 Å². The van der Waals surface area contributed by atoms with Crippen LogP contribution in [0.1, 0.15) is 0 Å². The molecule has 0 amide bonds. The van der Waals surface area contributed by atoms with E-state index in [1.807, 2.05) is 0 Å². The number of hydrogen-bond donors (Lipinski definition) is 3.